The van der Waals surface area contributed by atoms with Crippen molar-refractivity contribution in [3.8, 4) is 0 Å². The predicted octanol–water partition coefficient (Wildman–Crippen LogP) is 7.69. The van der Waals surface area contributed by atoms with Crippen LogP contribution in [0.5, 0.6) is 0 Å². The number of nitrogens with two attached hydrogens (primary N) is 1. The third kappa shape index (κ3) is 9.41. The van der Waals surface area contributed by atoms with Gasteiger partial charge in [0.05, 0.1) is 46.6 Å². The molecule has 0 radical (unpaired) electrons. The smallest absolute Gasteiger partial charge is 0.338 e. The van der Waals surface area contributed by atoms with Crippen LogP contribution in [-0.4, -0.2) is 31.2 Å². The summed E-state index contributed by atoms with van der Waals surface area (Å²) in [6, 6.07) is 16.4. The minimum absolute atomic E-state index is 0.0838. The van der Waals surface area contributed by atoms with Crippen molar-refractivity contribution in [2.45, 2.75) is 52.1 Å². The Morgan fingerprint density at radius 1 is 0.975 bits per heavy atom. The molecule has 0 bridgehead atoms. The number of hydrogen-bond acceptors (Lipinski definition) is 7. The molecule has 1 unspecified atom stereocenters. The van der Waals surface area contributed by atoms with Gasteiger partial charge in [0.1, 0.15) is 0 Å². The van der Waals surface area contributed by atoms with Crippen molar-refractivity contribution >= 4 is 68.1 Å². The van der Waals surface area contributed by atoms with Crippen molar-refractivity contribution in [1.29, 1.82) is 0 Å². The largest absolute Gasteiger partial charge is 0.465 e. The van der Waals surface area contributed by atoms with Crippen molar-refractivity contribution in [1.82, 2.24) is 5.32 Å². The summed E-state index contributed by atoms with van der Waals surface area (Å²) in [7, 11) is 0. The normalized spacial score (nSPS) is 11.6. The maximum absolute atomic E-state index is 12.6. The first-order valence-corrected chi connectivity index (χ1v) is 14.7. The Labute approximate surface area is 253 Å². The number of rotatable bonds is 14. The molecule has 0 saturated carbocycles. The first kappa shape index (κ1) is 31.7. The number of para-hydroxylation sites is 2. The fourth-order valence-corrected chi connectivity index (χ4v) is 4.75. The van der Waals surface area contributed by atoms with E-state index < -0.39 is 5.97 Å². The zero-order valence-electron chi connectivity index (χ0n) is 22.6. The summed E-state index contributed by atoms with van der Waals surface area (Å²) in [4.78, 5) is 25.1. The van der Waals surface area contributed by atoms with Gasteiger partial charge in [-0.25, -0.2) is 4.79 Å². The van der Waals surface area contributed by atoms with Crippen molar-refractivity contribution in [3.63, 3.8) is 0 Å². The number of anilines is 3. The summed E-state index contributed by atoms with van der Waals surface area (Å²) >= 11 is 16.0. The van der Waals surface area contributed by atoms with Crippen LogP contribution in [0, 0.1) is 0 Å². The van der Waals surface area contributed by atoms with E-state index in [1.807, 2.05) is 24.3 Å². The Kier molecular flexibility index (Phi) is 12.6. The molecule has 0 amide bonds. The van der Waals surface area contributed by atoms with Gasteiger partial charge in [0.25, 0.3) is 0 Å². The first-order chi connectivity index (χ1) is 19.2. The van der Waals surface area contributed by atoms with E-state index in [0.29, 0.717) is 56.9 Å². The number of hydrogen-bond donors (Lipinski definition) is 3. The lowest BCUT2D eigenvalue weighted by atomic mass is 10.1. The van der Waals surface area contributed by atoms with E-state index >= 15 is 0 Å². The average molecular weight is 651 g/mol. The zero-order chi connectivity index (χ0) is 29.1. The van der Waals surface area contributed by atoms with Gasteiger partial charge in [-0.2, -0.15) is 0 Å². The van der Waals surface area contributed by atoms with Crippen molar-refractivity contribution in [2.75, 3.05) is 24.3 Å². The van der Waals surface area contributed by atoms with Crippen LogP contribution in [0.15, 0.2) is 59.1 Å². The van der Waals surface area contributed by atoms with Gasteiger partial charge in [0.15, 0.2) is 0 Å². The summed E-state index contributed by atoms with van der Waals surface area (Å²) in [6.45, 7) is 5.18. The third-order valence-corrected chi connectivity index (χ3v) is 7.60. The molecule has 7 nitrogen and oxygen atoms in total. The molecule has 10 heteroatoms. The standard InChI is InChI=1S/C30H34BrCl2N3O4/c1-3-19(2)35-18-22-15-21(16-23(31)28(22)34)30(38)40-14-7-6-13-39-27(37)17-20-9-4-5-12-26(20)36-29-24(32)10-8-11-25(29)33/h4-5,8-12,15-16,19,35-36H,3,6-7,13-14,17-18,34H2,1-2H3. The van der Waals surface area contributed by atoms with E-state index in [1.165, 1.54) is 0 Å². The molecule has 0 aliphatic rings. The van der Waals surface area contributed by atoms with Crippen LogP contribution in [0.2, 0.25) is 10.0 Å². The van der Waals surface area contributed by atoms with Gasteiger partial charge >= 0.3 is 11.9 Å². The Balaban J connectivity index is 1.43. The summed E-state index contributed by atoms with van der Waals surface area (Å²) in [5.74, 6) is -0.785. The highest BCUT2D eigenvalue weighted by Gasteiger charge is 2.15. The van der Waals surface area contributed by atoms with E-state index in [4.69, 9.17) is 38.4 Å². The quantitative estimate of drug-likeness (QED) is 0.0933. The highest BCUT2D eigenvalue weighted by Crippen LogP contribution is 2.33. The molecular formula is C30H34BrCl2N3O4. The Bertz CT molecular complexity index is 1300. The van der Waals surface area contributed by atoms with Gasteiger partial charge in [-0.15, -0.1) is 0 Å². The molecule has 0 heterocycles. The fraction of sp³-hybridized carbons (Fsp3) is 0.333. The molecule has 0 spiro atoms. The Morgan fingerprint density at radius 3 is 2.35 bits per heavy atom. The summed E-state index contributed by atoms with van der Waals surface area (Å²) in [5.41, 5.74) is 10.1. The molecule has 3 rings (SSSR count). The number of benzene rings is 3. The number of carbonyl (C=O) groups excluding carboxylic acids is 2. The maximum atomic E-state index is 12.6. The van der Waals surface area contributed by atoms with Crippen LogP contribution in [0.25, 0.3) is 0 Å². The van der Waals surface area contributed by atoms with E-state index in [1.54, 1.807) is 30.3 Å². The van der Waals surface area contributed by atoms with Crippen LogP contribution in [0.4, 0.5) is 17.1 Å². The molecule has 0 saturated heterocycles. The number of nitrogens with one attached hydrogen (secondary N) is 2. The zero-order valence-corrected chi connectivity index (χ0v) is 25.7. The third-order valence-electron chi connectivity index (χ3n) is 6.31. The lowest BCUT2D eigenvalue weighted by molar-refractivity contribution is -0.143. The Hall–Kier alpha value is -2.78. The summed E-state index contributed by atoms with van der Waals surface area (Å²) < 4.78 is 11.5. The summed E-state index contributed by atoms with van der Waals surface area (Å²) in [5, 5.41) is 7.56. The number of ether oxygens (including phenoxy) is 2. The number of nitrogen functional groups attached to an aromatic ring is 1. The highest BCUT2D eigenvalue weighted by molar-refractivity contribution is 9.10. The Morgan fingerprint density at radius 2 is 1.65 bits per heavy atom. The van der Waals surface area contributed by atoms with Gasteiger partial charge in [0.2, 0.25) is 0 Å². The number of unbranched alkanes of at least 4 members (excludes halogenated alkanes) is 1. The molecular weight excluding hydrogens is 617 g/mol. The maximum Gasteiger partial charge on any atom is 0.338 e. The second-order valence-electron chi connectivity index (χ2n) is 9.34. The number of carbonyl (C=O) groups is 2. The number of esters is 2. The molecule has 214 valence electrons. The lowest BCUT2D eigenvalue weighted by Crippen LogP contribution is -2.25. The second-order valence-corrected chi connectivity index (χ2v) is 11.0. The van der Waals surface area contributed by atoms with Crippen LogP contribution in [0.1, 0.15) is 54.6 Å². The fourth-order valence-electron chi connectivity index (χ4n) is 3.76. The molecule has 3 aromatic carbocycles. The van der Waals surface area contributed by atoms with Crippen molar-refractivity contribution in [3.05, 3.63) is 85.8 Å². The predicted molar refractivity (Wildman–Crippen MR) is 166 cm³/mol. The van der Waals surface area contributed by atoms with Gasteiger partial charge in [-0.3, -0.25) is 4.79 Å². The molecule has 0 aromatic heterocycles. The van der Waals surface area contributed by atoms with Crippen LogP contribution >= 0.6 is 39.1 Å². The minimum atomic E-state index is -0.426. The van der Waals surface area contributed by atoms with E-state index in [9.17, 15) is 9.59 Å². The molecule has 0 aliphatic heterocycles. The molecule has 0 aliphatic carbocycles. The highest BCUT2D eigenvalue weighted by atomic mass is 79.9. The number of halogens is 3. The summed E-state index contributed by atoms with van der Waals surface area (Å²) in [6.07, 6.45) is 2.19. The van der Waals surface area contributed by atoms with Gasteiger partial charge in [-0.05, 0) is 83.6 Å². The second kappa shape index (κ2) is 15.9. The first-order valence-electron chi connectivity index (χ1n) is 13.1. The van der Waals surface area contributed by atoms with Crippen LogP contribution < -0.4 is 16.4 Å². The molecule has 40 heavy (non-hydrogen) atoms. The monoisotopic (exact) mass is 649 g/mol. The average Bonchev–Trinajstić information content (AvgIpc) is 2.93. The molecule has 0 fully saturated rings. The molecule has 1 atom stereocenters. The van der Waals surface area contributed by atoms with Gasteiger partial charge in [-0.1, -0.05) is 54.4 Å². The van der Waals surface area contributed by atoms with Crippen molar-refractivity contribution < 1.29 is 19.1 Å². The van der Waals surface area contributed by atoms with E-state index in [2.05, 4.69) is 40.4 Å². The van der Waals surface area contributed by atoms with E-state index in [-0.39, 0.29) is 25.6 Å². The van der Waals surface area contributed by atoms with Gasteiger partial charge in [0, 0.05) is 22.7 Å². The van der Waals surface area contributed by atoms with E-state index in [0.717, 1.165) is 23.2 Å². The minimum Gasteiger partial charge on any atom is -0.465 e. The van der Waals surface area contributed by atoms with Crippen molar-refractivity contribution in [2.24, 2.45) is 0 Å². The lowest BCUT2D eigenvalue weighted by Gasteiger charge is -2.15. The van der Waals surface area contributed by atoms with Crippen LogP contribution in [0.3, 0.4) is 0 Å². The SMILES string of the molecule is CCC(C)NCc1cc(C(=O)OCCCCOC(=O)Cc2ccccc2Nc2c(Cl)cccc2Cl)cc(Br)c1N. The van der Waals surface area contributed by atoms with Gasteiger partial charge < -0.3 is 25.8 Å². The molecule has 4 N–H and O–H groups in total. The molecule has 3 aromatic rings. The van der Waals surface area contributed by atoms with Crippen LogP contribution in [-0.2, 0) is 27.2 Å². The topological polar surface area (TPSA) is 103 Å².